The fourth-order valence-corrected chi connectivity index (χ4v) is 1.05. The quantitative estimate of drug-likeness (QED) is 0.776. The molecule has 14 heavy (non-hydrogen) atoms. The maximum atomic E-state index is 11.4. The maximum Gasteiger partial charge on any atom is 0.327 e. The minimum Gasteiger partial charge on any atom is -0.467 e. The van der Waals surface area contributed by atoms with E-state index in [9.17, 15) is 4.79 Å². The average molecular weight is 191 g/mol. The van der Waals surface area contributed by atoms with E-state index in [0.29, 0.717) is 6.54 Å². The molecule has 2 rings (SSSR count). The highest BCUT2D eigenvalue weighted by Gasteiger charge is 2.03. The highest BCUT2D eigenvalue weighted by molar-refractivity contribution is 5.76. The van der Waals surface area contributed by atoms with Gasteiger partial charge in [-0.25, -0.2) is 9.78 Å². The summed E-state index contributed by atoms with van der Waals surface area (Å²) in [6, 6.07) is 3.35. The molecule has 5 heteroatoms. The number of amides is 1. The first-order chi connectivity index (χ1) is 6.86. The summed E-state index contributed by atoms with van der Waals surface area (Å²) < 4.78 is 6.43. The normalized spacial score (nSPS) is 10.0. The van der Waals surface area contributed by atoms with Gasteiger partial charge in [0.1, 0.15) is 12.1 Å². The van der Waals surface area contributed by atoms with Gasteiger partial charge in [0.2, 0.25) is 0 Å². The van der Waals surface area contributed by atoms with Crippen molar-refractivity contribution in [2.24, 2.45) is 0 Å². The number of hydrogen-bond acceptors (Lipinski definition) is 3. The van der Waals surface area contributed by atoms with Crippen LogP contribution in [0.3, 0.4) is 0 Å². The Kier molecular flexibility index (Phi) is 2.31. The van der Waals surface area contributed by atoms with Crippen LogP contribution >= 0.6 is 0 Å². The molecule has 0 fully saturated rings. The minimum atomic E-state index is -0.223. The molecule has 0 bridgehead atoms. The van der Waals surface area contributed by atoms with Crippen LogP contribution in [0, 0.1) is 0 Å². The molecule has 1 amide bonds. The molecule has 5 nitrogen and oxygen atoms in total. The molecule has 0 radical (unpaired) electrons. The largest absolute Gasteiger partial charge is 0.467 e. The topological polar surface area (TPSA) is 60.1 Å². The summed E-state index contributed by atoms with van der Waals surface area (Å²) in [5, 5.41) is 2.68. The van der Waals surface area contributed by atoms with Crippen LogP contribution in [0.2, 0.25) is 0 Å². The molecule has 0 aliphatic heterocycles. The van der Waals surface area contributed by atoms with Crippen LogP contribution in [0.15, 0.2) is 41.5 Å². The molecule has 0 aromatic carbocycles. The number of aromatic nitrogens is 2. The van der Waals surface area contributed by atoms with Crippen LogP contribution in [0.5, 0.6) is 0 Å². The van der Waals surface area contributed by atoms with E-state index < -0.39 is 0 Å². The zero-order valence-corrected chi connectivity index (χ0v) is 7.38. The van der Waals surface area contributed by atoms with Gasteiger partial charge >= 0.3 is 6.03 Å². The summed E-state index contributed by atoms with van der Waals surface area (Å²) in [6.45, 7) is 0.379. The van der Waals surface area contributed by atoms with Gasteiger partial charge in [0.25, 0.3) is 0 Å². The zero-order valence-electron chi connectivity index (χ0n) is 7.38. The molecule has 0 saturated carbocycles. The first-order valence-electron chi connectivity index (χ1n) is 4.15. The molecule has 2 heterocycles. The summed E-state index contributed by atoms with van der Waals surface area (Å²) in [5.74, 6) is 0.721. The predicted molar refractivity (Wildman–Crippen MR) is 48.6 cm³/mol. The van der Waals surface area contributed by atoms with Gasteiger partial charge in [-0.15, -0.1) is 0 Å². The lowest BCUT2D eigenvalue weighted by molar-refractivity contribution is 0.241. The molecular formula is C9H9N3O2. The Bertz CT molecular complexity index is 392. The van der Waals surface area contributed by atoms with E-state index in [1.54, 1.807) is 30.8 Å². The Labute approximate surface area is 80.4 Å². The Balaban J connectivity index is 1.90. The third-order valence-electron chi connectivity index (χ3n) is 1.73. The van der Waals surface area contributed by atoms with Gasteiger partial charge in [-0.3, -0.25) is 4.57 Å². The lowest BCUT2D eigenvalue weighted by Crippen LogP contribution is -2.26. The van der Waals surface area contributed by atoms with Crippen LogP contribution in [0.4, 0.5) is 4.79 Å². The molecule has 1 N–H and O–H groups in total. The lowest BCUT2D eigenvalue weighted by Gasteiger charge is -2.02. The predicted octanol–water partition coefficient (Wildman–Crippen LogP) is 1.23. The monoisotopic (exact) mass is 191 g/mol. The van der Waals surface area contributed by atoms with Crippen molar-refractivity contribution < 1.29 is 9.21 Å². The van der Waals surface area contributed by atoms with Crippen molar-refractivity contribution in [2.75, 3.05) is 0 Å². The molecule has 0 unspecified atom stereocenters. The first kappa shape index (κ1) is 8.55. The standard InChI is InChI=1S/C9H9N3O2/c13-9(12-4-3-10-7-12)11-6-8-2-1-5-14-8/h1-5,7H,6H2,(H,11,13). The Hall–Kier alpha value is -2.04. The highest BCUT2D eigenvalue weighted by atomic mass is 16.3. The second-order valence-corrected chi connectivity index (χ2v) is 2.71. The van der Waals surface area contributed by atoms with E-state index in [2.05, 4.69) is 10.3 Å². The lowest BCUT2D eigenvalue weighted by atomic mass is 10.4. The SMILES string of the molecule is O=C(NCc1ccco1)n1ccnc1. The second-order valence-electron chi connectivity index (χ2n) is 2.71. The number of nitrogens with one attached hydrogen (secondary N) is 1. The van der Waals surface area contributed by atoms with Crippen molar-refractivity contribution in [3.05, 3.63) is 42.9 Å². The highest BCUT2D eigenvalue weighted by Crippen LogP contribution is 1.98. The van der Waals surface area contributed by atoms with Gasteiger partial charge in [0.15, 0.2) is 0 Å². The molecule has 2 aromatic heterocycles. The minimum absolute atomic E-state index is 0.223. The summed E-state index contributed by atoms with van der Waals surface area (Å²) in [5.41, 5.74) is 0. The van der Waals surface area contributed by atoms with E-state index in [1.165, 1.54) is 10.9 Å². The number of carbonyl (C=O) groups excluding carboxylic acids is 1. The second kappa shape index (κ2) is 3.78. The van der Waals surface area contributed by atoms with Crippen molar-refractivity contribution in [3.63, 3.8) is 0 Å². The van der Waals surface area contributed by atoms with E-state index in [4.69, 9.17) is 4.42 Å². The molecule has 0 saturated heterocycles. The van der Waals surface area contributed by atoms with Crippen LogP contribution in [0.1, 0.15) is 5.76 Å². The first-order valence-corrected chi connectivity index (χ1v) is 4.15. The van der Waals surface area contributed by atoms with Crippen LogP contribution < -0.4 is 5.32 Å². The van der Waals surface area contributed by atoms with E-state index in [0.717, 1.165) is 5.76 Å². The summed E-state index contributed by atoms with van der Waals surface area (Å²) in [4.78, 5) is 15.1. The van der Waals surface area contributed by atoms with Crippen molar-refractivity contribution in [3.8, 4) is 0 Å². The van der Waals surface area contributed by atoms with Crippen LogP contribution in [-0.2, 0) is 6.54 Å². The summed E-state index contributed by atoms with van der Waals surface area (Å²) in [7, 11) is 0. The van der Waals surface area contributed by atoms with Crippen molar-refractivity contribution in [2.45, 2.75) is 6.54 Å². The van der Waals surface area contributed by atoms with Crippen LogP contribution in [-0.4, -0.2) is 15.6 Å². The molecule has 72 valence electrons. The summed E-state index contributed by atoms with van der Waals surface area (Å²) in [6.07, 6.45) is 6.14. The fraction of sp³-hybridized carbons (Fsp3) is 0.111. The van der Waals surface area contributed by atoms with E-state index in [-0.39, 0.29) is 6.03 Å². The number of hydrogen-bond donors (Lipinski definition) is 1. The molecule has 0 aliphatic carbocycles. The number of rotatable bonds is 2. The van der Waals surface area contributed by atoms with Gasteiger partial charge < -0.3 is 9.73 Å². The van der Waals surface area contributed by atoms with E-state index in [1.807, 2.05) is 0 Å². The Morgan fingerprint density at radius 2 is 2.57 bits per heavy atom. The van der Waals surface area contributed by atoms with Crippen molar-refractivity contribution in [1.29, 1.82) is 0 Å². The Morgan fingerprint density at radius 1 is 1.64 bits per heavy atom. The molecule has 0 atom stereocenters. The smallest absolute Gasteiger partial charge is 0.327 e. The van der Waals surface area contributed by atoms with Crippen molar-refractivity contribution >= 4 is 6.03 Å². The van der Waals surface area contributed by atoms with E-state index >= 15 is 0 Å². The summed E-state index contributed by atoms with van der Waals surface area (Å²) >= 11 is 0. The third-order valence-corrected chi connectivity index (χ3v) is 1.73. The fourth-order valence-electron chi connectivity index (χ4n) is 1.05. The number of furan rings is 1. The van der Waals surface area contributed by atoms with Crippen molar-refractivity contribution in [1.82, 2.24) is 14.9 Å². The van der Waals surface area contributed by atoms with Gasteiger partial charge in [-0.05, 0) is 12.1 Å². The third kappa shape index (κ3) is 1.82. The Morgan fingerprint density at radius 3 is 3.21 bits per heavy atom. The number of imidazole rings is 1. The molecule has 0 spiro atoms. The molecule has 2 aromatic rings. The molecular weight excluding hydrogens is 182 g/mol. The zero-order chi connectivity index (χ0) is 9.80. The average Bonchev–Trinajstić information content (AvgIpc) is 2.87. The number of nitrogens with zero attached hydrogens (tertiary/aromatic N) is 2. The van der Waals surface area contributed by atoms with Gasteiger partial charge in [0, 0.05) is 12.4 Å². The van der Waals surface area contributed by atoms with Crippen LogP contribution in [0.25, 0.3) is 0 Å². The van der Waals surface area contributed by atoms with Gasteiger partial charge in [-0.2, -0.15) is 0 Å². The number of carbonyl (C=O) groups is 1. The van der Waals surface area contributed by atoms with Gasteiger partial charge in [-0.1, -0.05) is 0 Å². The van der Waals surface area contributed by atoms with Gasteiger partial charge in [0.05, 0.1) is 12.8 Å². The molecule has 0 aliphatic rings. The maximum absolute atomic E-state index is 11.4.